The van der Waals surface area contributed by atoms with Gasteiger partial charge in [0, 0.05) is 31.0 Å². The first-order valence-corrected chi connectivity index (χ1v) is 9.87. The molecule has 2 aromatic rings. The number of ether oxygens (including phenoxy) is 1. The Morgan fingerprint density at radius 2 is 1.83 bits per heavy atom. The third-order valence-corrected chi connectivity index (χ3v) is 4.81. The molecule has 1 saturated heterocycles. The molecule has 2 atom stereocenters. The van der Waals surface area contributed by atoms with Gasteiger partial charge in [0.25, 0.3) is 0 Å². The van der Waals surface area contributed by atoms with Crippen LogP contribution >= 0.6 is 0 Å². The summed E-state index contributed by atoms with van der Waals surface area (Å²) in [5.41, 5.74) is 1.83. The second kappa shape index (κ2) is 10.1. The first-order chi connectivity index (χ1) is 13.8. The summed E-state index contributed by atoms with van der Waals surface area (Å²) in [6.07, 6.45) is 0.0522. The Morgan fingerprint density at radius 1 is 1.17 bits per heavy atom. The summed E-state index contributed by atoms with van der Waals surface area (Å²) < 4.78 is 32.3. The van der Waals surface area contributed by atoms with Gasteiger partial charge in [-0.25, -0.2) is 13.6 Å². The summed E-state index contributed by atoms with van der Waals surface area (Å²) in [5, 5.41) is 0. The van der Waals surface area contributed by atoms with Gasteiger partial charge in [0.1, 0.15) is 23.5 Å². The van der Waals surface area contributed by atoms with E-state index in [0.29, 0.717) is 24.1 Å². The van der Waals surface area contributed by atoms with E-state index in [9.17, 15) is 18.4 Å². The molecule has 1 heterocycles. The molecule has 1 aliphatic rings. The summed E-state index contributed by atoms with van der Waals surface area (Å²) in [7, 11) is 0. The predicted octanol–water partition coefficient (Wildman–Crippen LogP) is 5.91. The van der Waals surface area contributed by atoms with Crippen LogP contribution in [0.25, 0.3) is 11.1 Å². The van der Waals surface area contributed by atoms with Crippen LogP contribution in [0.15, 0.2) is 42.5 Å². The molecule has 1 aliphatic heterocycles. The lowest BCUT2D eigenvalue weighted by atomic mass is 9.99. The molecule has 0 aromatic heterocycles. The van der Waals surface area contributed by atoms with E-state index in [-0.39, 0.29) is 24.3 Å². The minimum Gasteiger partial charge on any atom is -0.446 e. The maximum absolute atomic E-state index is 13.9. The largest absolute Gasteiger partial charge is 0.446 e. The minimum atomic E-state index is -0.619. The number of ketones is 1. The number of benzene rings is 2. The Morgan fingerprint density at radius 3 is 2.38 bits per heavy atom. The number of hydrogen-bond donors (Lipinski definition) is 0. The molecule has 6 heteroatoms. The van der Waals surface area contributed by atoms with E-state index in [1.165, 1.54) is 19.1 Å². The van der Waals surface area contributed by atoms with Gasteiger partial charge in [-0.05, 0) is 37.1 Å². The van der Waals surface area contributed by atoms with E-state index in [0.717, 1.165) is 11.6 Å². The van der Waals surface area contributed by atoms with E-state index in [2.05, 4.69) is 0 Å². The van der Waals surface area contributed by atoms with Gasteiger partial charge in [-0.15, -0.1) is 0 Å². The highest BCUT2D eigenvalue weighted by Crippen LogP contribution is 2.29. The zero-order valence-corrected chi connectivity index (χ0v) is 17.2. The van der Waals surface area contributed by atoms with Crippen molar-refractivity contribution >= 4 is 11.9 Å². The normalized spacial score (nSPS) is 17.1. The average Bonchev–Trinajstić information content (AvgIpc) is 2.69. The van der Waals surface area contributed by atoms with Crippen LogP contribution in [0.3, 0.4) is 0 Å². The van der Waals surface area contributed by atoms with Crippen molar-refractivity contribution in [2.45, 2.75) is 52.7 Å². The van der Waals surface area contributed by atoms with E-state index in [4.69, 9.17) is 4.74 Å². The number of cyclic esters (lactones) is 1. The number of carbonyl (C=O) groups is 2. The lowest BCUT2D eigenvalue weighted by Gasteiger charge is -2.35. The molecule has 0 radical (unpaired) electrons. The van der Waals surface area contributed by atoms with E-state index < -0.39 is 17.7 Å². The molecule has 156 valence electrons. The lowest BCUT2D eigenvalue weighted by Crippen LogP contribution is -2.43. The third-order valence-electron chi connectivity index (χ3n) is 4.81. The maximum Gasteiger partial charge on any atom is 0.410 e. The number of halogens is 2. The zero-order valence-electron chi connectivity index (χ0n) is 17.2. The Bertz CT molecular complexity index is 852. The van der Waals surface area contributed by atoms with Gasteiger partial charge >= 0.3 is 6.09 Å². The Kier molecular flexibility index (Phi) is 7.88. The molecular formula is C23H27F2NO3. The van der Waals surface area contributed by atoms with Crippen LogP contribution in [-0.4, -0.2) is 29.4 Å². The van der Waals surface area contributed by atoms with Gasteiger partial charge in [-0.2, -0.15) is 0 Å². The van der Waals surface area contributed by atoms with Crippen LogP contribution in [-0.2, 0) is 9.53 Å². The van der Waals surface area contributed by atoms with Crippen LogP contribution in [0.2, 0.25) is 0 Å². The smallest absolute Gasteiger partial charge is 0.410 e. The summed E-state index contributed by atoms with van der Waals surface area (Å²) >= 11 is 0. The third kappa shape index (κ3) is 5.62. The molecule has 0 unspecified atom stereocenters. The van der Waals surface area contributed by atoms with Crippen molar-refractivity contribution in [2.24, 2.45) is 0 Å². The first-order valence-electron chi connectivity index (χ1n) is 9.87. The standard InChI is InChI=1S/C21H21F2NO3.C2H6/c1-13(25)11-18-9-10-24(21(26)27-18)14(2)15-3-5-16(6-4-15)19-8-7-17(22)12-20(19)23;1-2/h3-8,12,14,18H,9-11H2,1-2H3;1-2H3/t14-,18-;/m0./s1. The SMILES string of the molecule is CC.CC(=O)C[C@@H]1CCN([C@@H](C)c2ccc(-c3ccc(F)cc3F)cc2)C(=O)O1. The highest BCUT2D eigenvalue weighted by molar-refractivity contribution is 5.77. The molecule has 2 aromatic carbocycles. The van der Waals surface area contributed by atoms with Crippen molar-refractivity contribution in [3.63, 3.8) is 0 Å². The quantitative estimate of drug-likeness (QED) is 0.624. The van der Waals surface area contributed by atoms with Crippen molar-refractivity contribution in [3.8, 4) is 11.1 Å². The first kappa shape index (κ1) is 22.5. The van der Waals surface area contributed by atoms with Gasteiger partial charge in [0.2, 0.25) is 0 Å². The fourth-order valence-corrected chi connectivity index (χ4v) is 3.30. The molecule has 0 spiro atoms. The molecule has 0 aliphatic carbocycles. The average molecular weight is 403 g/mol. The van der Waals surface area contributed by atoms with Crippen LogP contribution in [0, 0.1) is 11.6 Å². The summed E-state index contributed by atoms with van der Waals surface area (Å²) in [6.45, 7) is 7.88. The fraction of sp³-hybridized carbons (Fsp3) is 0.391. The maximum atomic E-state index is 13.9. The molecule has 0 saturated carbocycles. The summed E-state index contributed by atoms with van der Waals surface area (Å²) in [5.74, 6) is -1.24. The monoisotopic (exact) mass is 403 g/mol. The molecule has 4 nitrogen and oxygen atoms in total. The van der Waals surface area contributed by atoms with Crippen molar-refractivity contribution in [2.75, 3.05) is 6.54 Å². The molecule has 1 fully saturated rings. The van der Waals surface area contributed by atoms with Crippen LogP contribution in [0.1, 0.15) is 52.1 Å². The zero-order chi connectivity index (χ0) is 21.6. The van der Waals surface area contributed by atoms with Crippen LogP contribution in [0.4, 0.5) is 13.6 Å². The lowest BCUT2D eigenvalue weighted by molar-refractivity contribution is -0.119. The van der Waals surface area contributed by atoms with Gasteiger partial charge in [0.05, 0.1) is 6.04 Å². The Balaban J connectivity index is 0.00000145. The van der Waals surface area contributed by atoms with Gasteiger partial charge < -0.3 is 9.64 Å². The number of rotatable bonds is 5. The molecule has 3 rings (SSSR count). The minimum absolute atomic E-state index is 0.00193. The van der Waals surface area contributed by atoms with Crippen LogP contribution < -0.4 is 0 Å². The highest BCUT2D eigenvalue weighted by Gasteiger charge is 2.31. The molecule has 1 amide bonds. The van der Waals surface area contributed by atoms with Crippen molar-refractivity contribution in [1.82, 2.24) is 4.90 Å². The van der Waals surface area contributed by atoms with Gasteiger partial charge in [0.15, 0.2) is 0 Å². The van der Waals surface area contributed by atoms with Crippen molar-refractivity contribution in [3.05, 3.63) is 59.7 Å². The van der Waals surface area contributed by atoms with Crippen molar-refractivity contribution < 1.29 is 23.1 Å². The van der Waals surface area contributed by atoms with Gasteiger partial charge in [-0.3, -0.25) is 4.79 Å². The number of carbonyl (C=O) groups excluding carboxylic acids is 2. The predicted molar refractivity (Wildman–Crippen MR) is 108 cm³/mol. The molecule has 0 bridgehead atoms. The molecule has 0 N–H and O–H groups in total. The van der Waals surface area contributed by atoms with E-state index in [1.54, 1.807) is 17.0 Å². The number of hydrogen-bond acceptors (Lipinski definition) is 3. The molecular weight excluding hydrogens is 376 g/mol. The Labute approximate surface area is 170 Å². The van der Waals surface area contributed by atoms with Crippen LogP contribution in [0.5, 0.6) is 0 Å². The Hall–Kier alpha value is -2.76. The van der Waals surface area contributed by atoms with E-state index in [1.807, 2.05) is 32.9 Å². The molecule has 29 heavy (non-hydrogen) atoms. The fourth-order valence-electron chi connectivity index (χ4n) is 3.30. The topological polar surface area (TPSA) is 46.6 Å². The van der Waals surface area contributed by atoms with Crippen molar-refractivity contribution in [1.29, 1.82) is 0 Å². The second-order valence-corrected chi connectivity index (χ2v) is 6.82. The van der Waals surface area contributed by atoms with E-state index >= 15 is 0 Å². The van der Waals surface area contributed by atoms with Gasteiger partial charge in [-0.1, -0.05) is 38.1 Å². The highest BCUT2D eigenvalue weighted by atomic mass is 19.1. The number of nitrogens with zero attached hydrogens (tertiary/aromatic N) is 1. The summed E-state index contributed by atoms with van der Waals surface area (Å²) in [6, 6.07) is 10.4. The second-order valence-electron chi connectivity index (χ2n) is 6.82. The number of amides is 1. The number of Topliss-reactive ketones (excluding diaryl/α,β-unsaturated/α-hetero) is 1. The summed E-state index contributed by atoms with van der Waals surface area (Å²) in [4.78, 5) is 25.1.